The Morgan fingerprint density at radius 1 is 1.03 bits per heavy atom. The third-order valence-electron chi connectivity index (χ3n) is 5.92. The Kier molecular flexibility index (Phi) is 7.04. The highest BCUT2D eigenvalue weighted by atomic mass is 16.5. The number of carbonyl (C=O) groups excluding carboxylic acids is 2. The first-order valence-electron chi connectivity index (χ1n) is 10.9. The Hall–Kier alpha value is -3.65. The number of carboxylic acid groups (broad SMARTS) is 1. The fourth-order valence-corrected chi connectivity index (χ4v) is 4.34. The molecule has 33 heavy (non-hydrogen) atoms. The molecule has 0 radical (unpaired) electrons. The fourth-order valence-electron chi connectivity index (χ4n) is 4.34. The summed E-state index contributed by atoms with van der Waals surface area (Å²) < 4.78 is 11.1. The van der Waals surface area contributed by atoms with Crippen molar-refractivity contribution in [3.63, 3.8) is 0 Å². The molecule has 1 fully saturated rings. The molecule has 2 aliphatic rings. The Labute approximate surface area is 191 Å². The van der Waals surface area contributed by atoms with Crippen LogP contribution in [0.1, 0.15) is 23.5 Å². The Morgan fingerprint density at radius 3 is 2.36 bits per heavy atom. The fraction of sp³-hybridized carbons (Fsp3) is 0.320. The number of amides is 2. The topological polar surface area (TPSA) is 114 Å². The van der Waals surface area contributed by atoms with Gasteiger partial charge in [0.1, 0.15) is 6.61 Å². The molecule has 1 aliphatic heterocycles. The van der Waals surface area contributed by atoms with E-state index in [2.05, 4.69) is 34.9 Å². The van der Waals surface area contributed by atoms with Crippen molar-refractivity contribution in [2.24, 2.45) is 5.92 Å². The van der Waals surface area contributed by atoms with E-state index in [0.29, 0.717) is 6.42 Å². The van der Waals surface area contributed by atoms with Gasteiger partial charge in [0, 0.05) is 25.1 Å². The summed E-state index contributed by atoms with van der Waals surface area (Å²) in [5.74, 6) is -1.60. The standard InChI is InChI=1S/C25H26N2O6/c28-23(29)10-5-11-26-24(30)16-12-17(32-14-16)13-27-25(31)33-15-22-20-8-3-1-6-18(20)19-7-2-4-9-21(19)22/h1-10,16-17,22H,11-15H2,(H,26,30)(H,27,31)(H,28,29)/b10-5+. The summed E-state index contributed by atoms with van der Waals surface area (Å²) >= 11 is 0. The molecule has 1 heterocycles. The molecule has 8 heteroatoms. The number of carboxylic acids is 1. The monoisotopic (exact) mass is 450 g/mol. The van der Waals surface area contributed by atoms with E-state index in [1.54, 1.807) is 0 Å². The van der Waals surface area contributed by atoms with Gasteiger partial charge < -0.3 is 25.2 Å². The van der Waals surface area contributed by atoms with Crippen LogP contribution in [-0.4, -0.2) is 55.5 Å². The van der Waals surface area contributed by atoms with Crippen LogP contribution in [0.3, 0.4) is 0 Å². The van der Waals surface area contributed by atoms with Crippen molar-refractivity contribution in [1.82, 2.24) is 10.6 Å². The molecule has 172 valence electrons. The number of carbonyl (C=O) groups is 3. The number of rotatable bonds is 8. The van der Waals surface area contributed by atoms with E-state index >= 15 is 0 Å². The largest absolute Gasteiger partial charge is 0.478 e. The van der Waals surface area contributed by atoms with Crippen LogP contribution >= 0.6 is 0 Å². The second-order valence-corrected chi connectivity index (χ2v) is 8.08. The van der Waals surface area contributed by atoms with E-state index in [0.717, 1.165) is 17.2 Å². The minimum absolute atomic E-state index is 0.00543. The van der Waals surface area contributed by atoms with E-state index in [4.69, 9.17) is 14.6 Å². The van der Waals surface area contributed by atoms with Crippen molar-refractivity contribution in [1.29, 1.82) is 0 Å². The van der Waals surface area contributed by atoms with Gasteiger partial charge >= 0.3 is 12.1 Å². The molecule has 0 bridgehead atoms. The van der Waals surface area contributed by atoms with Gasteiger partial charge in [-0.25, -0.2) is 9.59 Å². The van der Waals surface area contributed by atoms with E-state index < -0.39 is 12.1 Å². The maximum atomic E-state index is 12.3. The molecule has 4 rings (SSSR count). The minimum Gasteiger partial charge on any atom is -0.478 e. The van der Waals surface area contributed by atoms with Gasteiger partial charge in [0.25, 0.3) is 0 Å². The molecule has 2 unspecified atom stereocenters. The van der Waals surface area contributed by atoms with E-state index in [1.165, 1.54) is 17.2 Å². The quantitative estimate of drug-likeness (QED) is 0.533. The van der Waals surface area contributed by atoms with Crippen LogP contribution < -0.4 is 10.6 Å². The van der Waals surface area contributed by atoms with Crippen molar-refractivity contribution >= 4 is 18.0 Å². The first-order chi connectivity index (χ1) is 16.0. The molecule has 0 spiro atoms. The van der Waals surface area contributed by atoms with Gasteiger partial charge in [-0.05, 0) is 28.7 Å². The first-order valence-corrected chi connectivity index (χ1v) is 10.9. The summed E-state index contributed by atoms with van der Waals surface area (Å²) in [4.78, 5) is 34.9. The highest BCUT2D eigenvalue weighted by Crippen LogP contribution is 2.44. The summed E-state index contributed by atoms with van der Waals surface area (Å²) in [5.41, 5.74) is 4.64. The van der Waals surface area contributed by atoms with Crippen LogP contribution in [0.5, 0.6) is 0 Å². The molecule has 2 aromatic carbocycles. The molecule has 8 nitrogen and oxygen atoms in total. The molecule has 1 saturated heterocycles. The summed E-state index contributed by atoms with van der Waals surface area (Å²) in [6.07, 6.45) is 2.01. The van der Waals surface area contributed by atoms with Crippen LogP contribution in [0.4, 0.5) is 4.79 Å². The van der Waals surface area contributed by atoms with Crippen LogP contribution in [0.25, 0.3) is 11.1 Å². The van der Waals surface area contributed by atoms with Gasteiger partial charge in [-0.3, -0.25) is 4.79 Å². The van der Waals surface area contributed by atoms with Crippen molar-refractivity contribution in [3.8, 4) is 11.1 Å². The lowest BCUT2D eigenvalue weighted by Gasteiger charge is -2.15. The lowest BCUT2D eigenvalue weighted by atomic mass is 9.98. The number of aliphatic carboxylic acids is 1. The third kappa shape index (κ3) is 5.40. The lowest BCUT2D eigenvalue weighted by Crippen LogP contribution is -2.34. The SMILES string of the molecule is O=C(O)/C=C/CNC(=O)C1COC(CNC(=O)OCC2c3ccccc3-c3ccccc32)C1. The summed E-state index contributed by atoms with van der Waals surface area (Å²) in [7, 11) is 0. The van der Waals surface area contributed by atoms with Gasteiger partial charge in [-0.1, -0.05) is 54.6 Å². The minimum atomic E-state index is -1.06. The van der Waals surface area contributed by atoms with Gasteiger partial charge in [-0.2, -0.15) is 0 Å². The van der Waals surface area contributed by atoms with Gasteiger partial charge in [-0.15, -0.1) is 0 Å². The highest BCUT2D eigenvalue weighted by molar-refractivity contribution is 5.81. The molecule has 3 N–H and O–H groups in total. The number of benzene rings is 2. The first kappa shape index (κ1) is 22.5. The lowest BCUT2D eigenvalue weighted by molar-refractivity contribution is -0.131. The highest BCUT2D eigenvalue weighted by Gasteiger charge is 2.32. The number of nitrogens with one attached hydrogen (secondary N) is 2. The van der Waals surface area contributed by atoms with E-state index in [-0.39, 0.29) is 50.2 Å². The zero-order valence-electron chi connectivity index (χ0n) is 18.0. The van der Waals surface area contributed by atoms with E-state index in [9.17, 15) is 14.4 Å². The number of fused-ring (bicyclic) bond motifs is 3. The van der Waals surface area contributed by atoms with Crippen LogP contribution in [0.15, 0.2) is 60.7 Å². The van der Waals surface area contributed by atoms with Crippen molar-refractivity contribution in [3.05, 3.63) is 71.8 Å². The molecular formula is C25H26N2O6. The maximum Gasteiger partial charge on any atom is 0.407 e. The predicted molar refractivity (Wildman–Crippen MR) is 121 cm³/mol. The Bertz CT molecular complexity index is 1020. The van der Waals surface area contributed by atoms with Gasteiger partial charge in [0.15, 0.2) is 0 Å². The van der Waals surface area contributed by atoms with Crippen LogP contribution in [0, 0.1) is 5.92 Å². The molecule has 2 aromatic rings. The summed E-state index contributed by atoms with van der Waals surface area (Å²) in [6, 6.07) is 16.3. The Morgan fingerprint density at radius 2 is 1.70 bits per heavy atom. The normalized spacial score (nSPS) is 19.2. The molecule has 2 amide bonds. The molecule has 0 aromatic heterocycles. The van der Waals surface area contributed by atoms with Crippen molar-refractivity contribution in [2.75, 3.05) is 26.3 Å². The molecule has 1 aliphatic carbocycles. The second-order valence-electron chi connectivity index (χ2n) is 8.08. The smallest absolute Gasteiger partial charge is 0.407 e. The number of alkyl carbamates (subject to hydrolysis) is 1. The number of hydrogen-bond donors (Lipinski definition) is 3. The Balaban J connectivity index is 1.22. The number of hydrogen-bond acceptors (Lipinski definition) is 5. The summed E-state index contributed by atoms with van der Waals surface area (Å²) in [6.45, 7) is 0.884. The zero-order valence-corrected chi connectivity index (χ0v) is 18.0. The van der Waals surface area contributed by atoms with Gasteiger partial charge in [0.2, 0.25) is 5.91 Å². The van der Waals surface area contributed by atoms with E-state index in [1.807, 2.05) is 24.3 Å². The third-order valence-corrected chi connectivity index (χ3v) is 5.92. The average molecular weight is 450 g/mol. The van der Waals surface area contributed by atoms with Crippen molar-refractivity contribution < 1.29 is 29.0 Å². The molecule has 2 atom stereocenters. The predicted octanol–water partition coefficient (Wildman–Crippen LogP) is 2.69. The molecule has 0 saturated carbocycles. The molecular weight excluding hydrogens is 424 g/mol. The number of ether oxygens (including phenoxy) is 2. The second kappa shape index (κ2) is 10.3. The summed E-state index contributed by atoms with van der Waals surface area (Å²) in [5, 5.41) is 13.9. The average Bonchev–Trinajstić information content (AvgIpc) is 3.42. The van der Waals surface area contributed by atoms with Crippen molar-refractivity contribution in [2.45, 2.75) is 18.4 Å². The van der Waals surface area contributed by atoms with Crippen LogP contribution in [0.2, 0.25) is 0 Å². The maximum absolute atomic E-state index is 12.3. The van der Waals surface area contributed by atoms with Crippen LogP contribution in [-0.2, 0) is 19.1 Å². The zero-order chi connectivity index (χ0) is 23.2. The van der Waals surface area contributed by atoms with Gasteiger partial charge in [0.05, 0.1) is 18.6 Å².